The van der Waals surface area contributed by atoms with E-state index in [0.717, 1.165) is 10.1 Å². The Morgan fingerprint density at radius 1 is 1.06 bits per heavy atom. The molecule has 0 spiro atoms. The van der Waals surface area contributed by atoms with Crippen LogP contribution in [0.5, 0.6) is 0 Å². The fourth-order valence-corrected chi connectivity index (χ4v) is 3.53. The van der Waals surface area contributed by atoms with Crippen LogP contribution >= 0.6 is 11.3 Å². The average molecular weight is 236 g/mol. The monoisotopic (exact) mass is 236 g/mol. The highest BCUT2D eigenvalue weighted by Crippen LogP contribution is 2.40. The maximum atomic E-state index is 13.9. The standard InChI is InChI=1S/C14H17FS/c1-8(2)12-13-10(15)6-5-7-11(13)16-14(12)9(3)4/h5-9H,1-4H3. The number of halogens is 1. The molecule has 2 rings (SSSR count). The molecule has 0 aliphatic heterocycles. The van der Waals surface area contributed by atoms with Crippen molar-refractivity contribution in [1.29, 1.82) is 0 Å². The van der Waals surface area contributed by atoms with Crippen molar-refractivity contribution in [2.45, 2.75) is 39.5 Å². The lowest BCUT2D eigenvalue weighted by Gasteiger charge is -2.10. The van der Waals surface area contributed by atoms with Crippen molar-refractivity contribution in [3.05, 3.63) is 34.5 Å². The molecule has 0 fully saturated rings. The lowest BCUT2D eigenvalue weighted by molar-refractivity contribution is 0.637. The molecule has 2 heteroatoms. The first-order valence-electron chi connectivity index (χ1n) is 5.73. The van der Waals surface area contributed by atoms with Gasteiger partial charge in [-0.05, 0) is 29.5 Å². The summed E-state index contributed by atoms with van der Waals surface area (Å²) in [5, 5.41) is 0.839. The molecule has 0 atom stereocenters. The predicted octanol–water partition coefficient (Wildman–Crippen LogP) is 5.29. The SMILES string of the molecule is CC(C)c1sc2cccc(F)c2c1C(C)C. The minimum absolute atomic E-state index is 0.0793. The van der Waals surface area contributed by atoms with E-state index in [4.69, 9.17) is 0 Å². The van der Waals surface area contributed by atoms with Gasteiger partial charge in [-0.1, -0.05) is 33.8 Å². The maximum Gasteiger partial charge on any atom is 0.132 e. The number of rotatable bonds is 2. The van der Waals surface area contributed by atoms with Gasteiger partial charge in [-0.3, -0.25) is 0 Å². The molecular weight excluding hydrogens is 219 g/mol. The van der Waals surface area contributed by atoms with Crippen LogP contribution in [0.4, 0.5) is 4.39 Å². The molecular formula is C14H17FS. The molecule has 0 N–H and O–H groups in total. The van der Waals surface area contributed by atoms with Crippen molar-refractivity contribution in [3.63, 3.8) is 0 Å². The Bertz CT molecular complexity index is 509. The largest absolute Gasteiger partial charge is 0.206 e. The highest BCUT2D eigenvalue weighted by atomic mass is 32.1. The van der Waals surface area contributed by atoms with E-state index < -0.39 is 0 Å². The van der Waals surface area contributed by atoms with E-state index >= 15 is 0 Å². The maximum absolute atomic E-state index is 13.9. The molecule has 0 bridgehead atoms. The summed E-state index contributed by atoms with van der Waals surface area (Å²) in [6.07, 6.45) is 0. The van der Waals surface area contributed by atoms with Gasteiger partial charge in [0.1, 0.15) is 5.82 Å². The van der Waals surface area contributed by atoms with Crippen LogP contribution in [-0.2, 0) is 0 Å². The Hall–Kier alpha value is -0.890. The Balaban J connectivity index is 2.83. The Morgan fingerprint density at radius 3 is 2.31 bits per heavy atom. The van der Waals surface area contributed by atoms with E-state index in [2.05, 4.69) is 27.7 Å². The third-order valence-corrected chi connectivity index (χ3v) is 4.30. The van der Waals surface area contributed by atoms with Crippen molar-refractivity contribution in [2.75, 3.05) is 0 Å². The third-order valence-electron chi connectivity index (χ3n) is 2.83. The zero-order chi connectivity index (χ0) is 11.9. The van der Waals surface area contributed by atoms with Crippen LogP contribution in [0.3, 0.4) is 0 Å². The summed E-state index contributed by atoms with van der Waals surface area (Å²) in [6, 6.07) is 5.37. The highest BCUT2D eigenvalue weighted by molar-refractivity contribution is 7.19. The zero-order valence-electron chi connectivity index (χ0n) is 10.2. The smallest absolute Gasteiger partial charge is 0.132 e. The average Bonchev–Trinajstić information content (AvgIpc) is 2.58. The van der Waals surface area contributed by atoms with Crippen LogP contribution in [-0.4, -0.2) is 0 Å². The molecule has 0 saturated carbocycles. The fourth-order valence-electron chi connectivity index (χ4n) is 2.15. The summed E-state index contributed by atoms with van der Waals surface area (Å²) in [5.74, 6) is 0.765. The van der Waals surface area contributed by atoms with Gasteiger partial charge in [0, 0.05) is 15.0 Å². The van der Waals surface area contributed by atoms with Crippen molar-refractivity contribution < 1.29 is 4.39 Å². The van der Waals surface area contributed by atoms with Gasteiger partial charge in [-0.2, -0.15) is 0 Å². The van der Waals surface area contributed by atoms with Gasteiger partial charge in [-0.25, -0.2) is 4.39 Å². The molecule has 0 nitrogen and oxygen atoms in total. The number of benzene rings is 1. The normalized spacial score (nSPS) is 11.9. The van der Waals surface area contributed by atoms with Gasteiger partial charge in [0.15, 0.2) is 0 Å². The van der Waals surface area contributed by atoms with Crippen molar-refractivity contribution in [2.24, 2.45) is 0 Å². The number of hydrogen-bond acceptors (Lipinski definition) is 1. The molecule has 86 valence electrons. The fraction of sp³-hybridized carbons (Fsp3) is 0.429. The Labute approximate surface area is 100 Å². The summed E-state index contributed by atoms with van der Waals surface area (Å²) in [5.41, 5.74) is 1.20. The lowest BCUT2D eigenvalue weighted by Crippen LogP contribution is -1.94. The Morgan fingerprint density at radius 2 is 1.75 bits per heavy atom. The van der Waals surface area contributed by atoms with Crippen molar-refractivity contribution in [3.8, 4) is 0 Å². The van der Waals surface area contributed by atoms with Crippen molar-refractivity contribution >= 4 is 21.4 Å². The van der Waals surface area contributed by atoms with Crippen LogP contribution in [0.2, 0.25) is 0 Å². The topological polar surface area (TPSA) is 0 Å². The molecule has 2 aromatic rings. The zero-order valence-corrected chi connectivity index (χ0v) is 11.0. The predicted molar refractivity (Wildman–Crippen MR) is 70.0 cm³/mol. The highest BCUT2D eigenvalue weighted by Gasteiger charge is 2.19. The first-order chi connectivity index (χ1) is 7.52. The molecule has 0 saturated heterocycles. The first-order valence-corrected chi connectivity index (χ1v) is 6.54. The van der Waals surface area contributed by atoms with Gasteiger partial charge in [0.05, 0.1) is 0 Å². The van der Waals surface area contributed by atoms with Gasteiger partial charge in [0.25, 0.3) is 0 Å². The van der Waals surface area contributed by atoms with E-state index in [1.54, 1.807) is 23.5 Å². The van der Waals surface area contributed by atoms with Crippen LogP contribution in [0, 0.1) is 5.82 Å². The molecule has 1 aromatic carbocycles. The molecule has 1 aromatic heterocycles. The minimum Gasteiger partial charge on any atom is -0.206 e. The molecule has 1 heterocycles. The van der Waals surface area contributed by atoms with Crippen LogP contribution in [0.15, 0.2) is 18.2 Å². The van der Waals surface area contributed by atoms with Gasteiger partial charge < -0.3 is 0 Å². The summed E-state index contributed by atoms with van der Waals surface area (Å²) < 4.78 is 15.0. The van der Waals surface area contributed by atoms with Crippen LogP contribution < -0.4 is 0 Å². The second kappa shape index (κ2) is 4.17. The number of fused-ring (bicyclic) bond motifs is 1. The summed E-state index contributed by atoms with van der Waals surface area (Å²) in [7, 11) is 0. The summed E-state index contributed by atoms with van der Waals surface area (Å²) >= 11 is 1.73. The van der Waals surface area contributed by atoms with E-state index in [0.29, 0.717) is 11.8 Å². The van der Waals surface area contributed by atoms with E-state index in [-0.39, 0.29) is 5.82 Å². The van der Waals surface area contributed by atoms with Gasteiger partial charge in [-0.15, -0.1) is 11.3 Å². The quantitative estimate of drug-likeness (QED) is 0.665. The third kappa shape index (κ3) is 1.75. The van der Waals surface area contributed by atoms with E-state index in [1.165, 1.54) is 10.4 Å². The number of hydrogen-bond donors (Lipinski definition) is 0. The molecule has 0 amide bonds. The lowest BCUT2D eigenvalue weighted by atomic mass is 9.95. The first kappa shape index (κ1) is 11.6. The molecule has 0 unspecified atom stereocenters. The summed E-state index contributed by atoms with van der Waals surface area (Å²) in [4.78, 5) is 1.33. The van der Waals surface area contributed by atoms with Gasteiger partial charge in [0.2, 0.25) is 0 Å². The molecule has 0 aliphatic rings. The second-order valence-corrected chi connectivity index (χ2v) is 5.89. The van der Waals surface area contributed by atoms with E-state index in [9.17, 15) is 4.39 Å². The van der Waals surface area contributed by atoms with Crippen LogP contribution in [0.25, 0.3) is 10.1 Å². The van der Waals surface area contributed by atoms with E-state index in [1.807, 2.05) is 6.07 Å². The Kier molecular flexibility index (Phi) is 3.02. The minimum atomic E-state index is -0.0793. The van der Waals surface area contributed by atoms with Gasteiger partial charge >= 0.3 is 0 Å². The molecule has 0 aliphatic carbocycles. The molecule has 0 radical (unpaired) electrons. The molecule has 16 heavy (non-hydrogen) atoms. The number of thiophene rings is 1. The van der Waals surface area contributed by atoms with Crippen LogP contribution in [0.1, 0.15) is 50.0 Å². The second-order valence-electron chi connectivity index (χ2n) is 4.80. The van der Waals surface area contributed by atoms with Crippen molar-refractivity contribution in [1.82, 2.24) is 0 Å². The summed E-state index contributed by atoms with van der Waals surface area (Å²) in [6.45, 7) is 8.63.